The van der Waals surface area contributed by atoms with Crippen LogP contribution in [0.3, 0.4) is 0 Å². The number of ether oxygens (including phenoxy) is 3. The second kappa shape index (κ2) is 8.88. The molecule has 2 rings (SSSR count). The van der Waals surface area contributed by atoms with Gasteiger partial charge in [0.05, 0.1) is 0 Å². The first kappa shape index (κ1) is 20.0. The van der Waals surface area contributed by atoms with Crippen LogP contribution in [-0.2, 0) is 4.74 Å². The molecule has 0 bridgehead atoms. The SMILES string of the molecule is CC(C)(C)OC(=O)Nc1cccc(OCCOc2cccnc2C(=O)O)c1. The lowest BCUT2D eigenvalue weighted by atomic mass is 10.2. The van der Waals surface area contributed by atoms with Crippen LogP contribution in [0.15, 0.2) is 42.6 Å². The third kappa shape index (κ3) is 6.85. The van der Waals surface area contributed by atoms with Crippen molar-refractivity contribution in [3.8, 4) is 11.5 Å². The van der Waals surface area contributed by atoms with Crippen LogP contribution in [0.4, 0.5) is 10.5 Å². The average molecular weight is 374 g/mol. The standard InChI is InChI=1S/C19H22N2O6/c1-19(2,3)27-18(24)21-13-6-4-7-14(12-13)25-10-11-26-15-8-5-9-20-16(15)17(22)23/h4-9,12H,10-11H2,1-3H3,(H,21,24)(H,22,23). The first-order valence-electron chi connectivity index (χ1n) is 8.28. The molecular weight excluding hydrogens is 352 g/mol. The number of pyridine rings is 1. The van der Waals surface area contributed by atoms with Gasteiger partial charge in [-0.25, -0.2) is 14.6 Å². The van der Waals surface area contributed by atoms with Crippen molar-refractivity contribution in [3.63, 3.8) is 0 Å². The lowest BCUT2D eigenvalue weighted by Gasteiger charge is -2.19. The third-order valence-electron chi connectivity index (χ3n) is 3.06. The lowest BCUT2D eigenvalue weighted by molar-refractivity contribution is 0.0633. The van der Waals surface area contributed by atoms with Crippen LogP contribution in [-0.4, -0.2) is 41.0 Å². The Morgan fingerprint density at radius 1 is 1.11 bits per heavy atom. The average Bonchev–Trinajstić information content (AvgIpc) is 2.57. The Morgan fingerprint density at radius 2 is 1.85 bits per heavy atom. The summed E-state index contributed by atoms with van der Waals surface area (Å²) in [6.07, 6.45) is 0.830. The van der Waals surface area contributed by atoms with Crippen molar-refractivity contribution >= 4 is 17.7 Å². The van der Waals surface area contributed by atoms with E-state index in [1.165, 1.54) is 12.3 Å². The van der Waals surface area contributed by atoms with Gasteiger partial charge in [0, 0.05) is 18.0 Å². The first-order chi connectivity index (χ1) is 12.7. The van der Waals surface area contributed by atoms with E-state index in [1.807, 2.05) is 0 Å². The molecule has 144 valence electrons. The van der Waals surface area contributed by atoms with Gasteiger partial charge < -0.3 is 19.3 Å². The molecule has 1 amide bonds. The normalized spacial score (nSPS) is 10.8. The number of aromatic nitrogens is 1. The topological polar surface area (TPSA) is 107 Å². The monoisotopic (exact) mass is 374 g/mol. The van der Waals surface area contributed by atoms with E-state index in [2.05, 4.69) is 10.3 Å². The summed E-state index contributed by atoms with van der Waals surface area (Å²) in [4.78, 5) is 26.6. The maximum absolute atomic E-state index is 11.8. The van der Waals surface area contributed by atoms with Crippen molar-refractivity contribution in [3.05, 3.63) is 48.3 Å². The van der Waals surface area contributed by atoms with Gasteiger partial charge in [-0.15, -0.1) is 0 Å². The highest BCUT2D eigenvalue weighted by Gasteiger charge is 2.16. The predicted molar refractivity (Wildman–Crippen MR) is 98.5 cm³/mol. The zero-order valence-corrected chi connectivity index (χ0v) is 15.4. The van der Waals surface area contributed by atoms with Crippen LogP contribution < -0.4 is 14.8 Å². The molecule has 1 aromatic carbocycles. The number of anilines is 1. The number of carbonyl (C=O) groups excluding carboxylic acids is 1. The molecule has 1 aromatic heterocycles. The Kier molecular flexibility index (Phi) is 6.59. The van der Waals surface area contributed by atoms with Crippen molar-refractivity contribution in [2.75, 3.05) is 18.5 Å². The lowest BCUT2D eigenvalue weighted by Crippen LogP contribution is -2.27. The fraction of sp³-hybridized carbons (Fsp3) is 0.316. The van der Waals surface area contributed by atoms with Gasteiger partial charge >= 0.3 is 12.1 Å². The molecule has 0 aliphatic rings. The second-order valence-electron chi connectivity index (χ2n) is 6.51. The maximum atomic E-state index is 11.8. The fourth-order valence-corrected chi connectivity index (χ4v) is 2.06. The molecule has 0 atom stereocenters. The van der Waals surface area contributed by atoms with Crippen LogP contribution in [0.5, 0.6) is 11.5 Å². The van der Waals surface area contributed by atoms with Gasteiger partial charge in [0.25, 0.3) is 0 Å². The van der Waals surface area contributed by atoms with Gasteiger partial charge in [-0.1, -0.05) is 6.07 Å². The number of benzene rings is 1. The predicted octanol–water partition coefficient (Wildman–Crippen LogP) is 3.58. The number of nitrogens with one attached hydrogen (secondary N) is 1. The zero-order valence-electron chi connectivity index (χ0n) is 15.4. The van der Waals surface area contributed by atoms with Crippen LogP contribution in [0.25, 0.3) is 0 Å². The summed E-state index contributed by atoms with van der Waals surface area (Å²) in [5.41, 5.74) is -0.208. The van der Waals surface area contributed by atoms with Crippen LogP contribution in [0.2, 0.25) is 0 Å². The Balaban J connectivity index is 1.85. The number of carboxylic acids is 1. The fourth-order valence-electron chi connectivity index (χ4n) is 2.06. The van der Waals surface area contributed by atoms with Crippen LogP contribution >= 0.6 is 0 Å². The second-order valence-corrected chi connectivity index (χ2v) is 6.51. The van der Waals surface area contributed by atoms with Gasteiger partial charge in [-0.2, -0.15) is 0 Å². The van der Waals surface area contributed by atoms with Crippen molar-refractivity contribution in [1.29, 1.82) is 0 Å². The molecule has 0 saturated carbocycles. The van der Waals surface area contributed by atoms with Crippen molar-refractivity contribution < 1.29 is 28.9 Å². The number of hydrogen-bond acceptors (Lipinski definition) is 6. The van der Waals surface area contributed by atoms with E-state index in [9.17, 15) is 9.59 Å². The number of amides is 1. The molecule has 0 aliphatic heterocycles. The minimum absolute atomic E-state index is 0.135. The highest BCUT2D eigenvalue weighted by atomic mass is 16.6. The minimum atomic E-state index is -1.16. The summed E-state index contributed by atoms with van der Waals surface area (Å²) in [7, 11) is 0. The molecule has 0 aliphatic carbocycles. The largest absolute Gasteiger partial charge is 0.490 e. The molecule has 2 N–H and O–H groups in total. The van der Waals surface area contributed by atoms with Crippen LogP contribution in [0.1, 0.15) is 31.3 Å². The molecule has 0 fully saturated rings. The van der Waals surface area contributed by atoms with E-state index in [1.54, 1.807) is 51.1 Å². The number of nitrogens with zero attached hydrogens (tertiary/aromatic N) is 1. The van der Waals surface area contributed by atoms with Gasteiger partial charge in [0.2, 0.25) is 0 Å². The molecule has 8 nitrogen and oxygen atoms in total. The number of hydrogen-bond donors (Lipinski definition) is 2. The van der Waals surface area contributed by atoms with Gasteiger partial charge in [-0.3, -0.25) is 5.32 Å². The Hall–Kier alpha value is -3.29. The van der Waals surface area contributed by atoms with E-state index in [4.69, 9.17) is 19.3 Å². The van der Waals surface area contributed by atoms with E-state index in [0.29, 0.717) is 11.4 Å². The zero-order chi connectivity index (χ0) is 19.9. The number of aromatic carboxylic acids is 1. The molecule has 0 saturated heterocycles. The number of rotatable bonds is 7. The summed E-state index contributed by atoms with van der Waals surface area (Å²) in [6, 6.07) is 9.94. The van der Waals surface area contributed by atoms with Gasteiger partial charge in [0.1, 0.15) is 24.6 Å². The van der Waals surface area contributed by atoms with Crippen molar-refractivity contribution in [2.24, 2.45) is 0 Å². The van der Waals surface area contributed by atoms with Crippen molar-refractivity contribution in [1.82, 2.24) is 4.98 Å². The Morgan fingerprint density at radius 3 is 2.56 bits per heavy atom. The molecule has 0 unspecified atom stereocenters. The van der Waals surface area contributed by atoms with Gasteiger partial charge in [0.15, 0.2) is 11.4 Å². The Labute approximate surface area is 157 Å². The third-order valence-corrected chi connectivity index (χ3v) is 3.06. The smallest absolute Gasteiger partial charge is 0.412 e. The minimum Gasteiger partial charge on any atom is -0.490 e. The molecule has 8 heteroatoms. The number of carbonyl (C=O) groups is 2. The first-order valence-corrected chi connectivity index (χ1v) is 8.28. The molecular formula is C19H22N2O6. The van der Waals surface area contributed by atoms with E-state index >= 15 is 0 Å². The molecule has 2 aromatic rings. The molecule has 27 heavy (non-hydrogen) atoms. The van der Waals surface area contributed by atoms with E-state index in [0.717, 1.165) is 0 Å². The van der Waals surface area contributed by atoms with Crippen LogP contribution in [0, 0.1) is 0 Å². The highest BCUT2D eigenvalue weighted by Crippen LogP contribution is 2.19. The molecule has 0 radical (unpaired) electrons. The highest BCUT2D eigenvalue weighted by molar-refractivity contribution is 5.88. The summed E-state index contributed by atoms with van der Waals surface area (Å²) in [5.74, 6) is -0.460. The molecule has 1 heterocycles. The number of carboxylic acid groups (broad SMARTS) is 1. The summed E-state index contributed by atoms with van der Waals surface area (Å²) in [6.45, 7) is 5.66. The van der Waals surface area contributed by atoms with Crippen molar-refractivity contribution in [2.45, 2.75) is 26.4 Å². The maximum Gasteiger partial charge on any atom is 0.412 e. The van der Waals surface area contributed by atoms with E-state index < -0.39 is 17.7 Å². The summed E-state index contributed by atoms with van der Waals surface area (Å²) >= 11 is 0. The quantitative estimate of drug-likeness (QED) is 0.713. The van der Waals surface area contributed by atoms with Gasteiger partial charge in [-0.05, 0) is 45.0 Å². The summed E-state index contributed by atoms with van der Waals surface area (Å²) < 4.78 is 16.2. The Bertz CT molecular complexity index is 801. The van der Waals surface area contributed by atoms with E-state index in [-0.39, 0.29) is 24.7 Å². The summed E-state index contributed by atoms with van der Waals surface area (Å²) in [5, 5.41) is 11.7. The molecule has 0 spiro atoms.